The van der Waals surface area contributed by atoms with Crippen LogP contribution in [0.25, 0.3) is 0 Å². The monoisotopic (exact) mass is 373 g/mol. The fourth-order valence-electron chi connectivity index (χ4n) is 2.77. The zero-order valence-electron chi connectivity index (χ0n) is 15.6. The molecule has 2 aromatic rings. The topological polar surface area (TPSA) is 72.5 Å². The van der Waals surface area contributed by atoms with E-state index in [0.717, 1.165) is 22.4 Å². The summed E-state index contributed by atoms with van der Waals surface area (Å²) in [5, 5.41) is 2.82. The summed E-state index contributed by atoms with van der Waals surface area (Å²) in [4.78, 5) is 25.2. The number of benzene rings is 2. The molecule has 0 saturated heterocycles. The van der Waals surface area contributed by atoms with Gasteiger partial charge >= 0.3 is 5.97 Å². The second kappa shape index (κ2) is 8.27. The molecule has 6 heteroatoms. The highest BCUT2D eigenvalue weighted by Crippen LogP contribution is 2.22. The van der Waals surface area contributed by atoms with Crippen LogP contribution in [0.4, 0.5) is 5.69 Å². The Hall–Kier alpha value is -2.47. The zero-order chi connectivity index (χ0) is 19.4. The van der Waals surface area contributed by atoms with Crippen LogP contribution in [0.3, 0.4) is 0 Å². The van der Waals surface area contributed by atoms with Gasteiger partial charge in [-0.25, -0.2) is 4.79 Å². The lowest BCUT2D eigenvalue weighted by Crippen LogP contribution is -2.30. The van der Waals surface area contributed by atoms with Crippen LogP contribution < -0.4 is 5.32 Å². The maximum Gasteiger partial charge on any atom is 0.340 e. The smallest absolute Gasteiger partial charge is 0.340 e. The van der Waals surface area contributed by atoms with Crippen molar-refractivity contribution in [1.82, 2.24) is 0 Å². The third kappa shape index (κ3) is 4.58. The van der Waals surface area contributed by atoms with Gasteiger partial charge in [0.25, 0.3) is 5.91 Å². The highest BCUT2D eigenvalue weighted by Gasteiger charge is 2.22. The molecule has 0 saturated carbocycles. The van der Waals surface area contributed by atoms with Crippen LogP contribution in [0.15, 0.2) is 41.3 Å². The fraction of sp³-hybridized carbons (Fsp3) is 0.300. The molecule has 2 rings (SSSR count). The number of hydrogen-bond acceptors (Lipinski definition) is 4. The largest absolute Gasteiger partial charge is 0.449 e. The number of esters is 1. The second-order valence-electron chi connectivity index (χ2n) is 6.26. The molecule has 0 bridgehead atoms. The van der Waals surface area contributed by atoms with Crippen molar-refractivity contribution in [3.63, 3.8) is 0 Å². The predicted molar refractivity (Wildman–Crippen MR) is 103 cm³/mol. The van der Waals surface area contributed by atoms with Crippen LogP contribution in [-0.2, 0) is 20.3 Å². The molecule has 1 N–H and O–H groups in total. The second-order valence-corrected chi connectivity index (χ2v) is 7.61. The maximum atomic E-state index is 12.4. The molecule has 0 unspecified atom stereocenters. The summed E-state index contributed by atoms with van der Waals surface area (Å²) < 4.78 is 17.0. The number of nitrogens with one attached hydrogen (secondary N) is 1. The summed E-state index contributed by atoms with van der Waals surface area (Å²) in [6.45, 7) is 7.33. The minimum atomic E-state index is -1.33. The van der Waals surface area contributed by atoms with E-state index in [-0.39, 0.29) is 5.56 Å². The van der Waals surface area contributed by atoms with E-state index in [4.69, 9.17) is 4.74 Å². The van der Waals surface area contributed by atoms with E-state index in [1.807, 2.05) is 32.9 Å². The number of rotatable bonds is 5. The molecule has 0 aliphatic rings. The van der Waals surface area contributed by atoms with Crippen molar-refractivity contribution in [2.75, 3.05) is 11.6 Å². The van der Waals surface area contributed by atoms with Gasteiger partial charge in [0.05, 0.1) is 21.3 Å². The van der Waals surface area contributed by atoms with Crippen molar-refractivity contribution >= 4 is 28.4 Å². The predicted octanol–water partition coefficient (Wildman–Crippen LogP) is 3.53. The SMILES string of the molecule is Cc1cc(C)c(NC(=O)[C@H](C)OC(=O)c2ccccc2[S@@](C)=O)c(C)c1. The summed E-state index contributed by atoms with van der Waals surface area (Å²) in [5.74, 6) is -1.08. The van der Waals surface area contributed by atoms with Crippen molar-refractivity contribution in [2.24, 2.45) is 0 Å². The molecule has 0 spiro atoms. The molecule has 0 fully saturated rings. The molecule has 2 aromatic carbocycles. The van der Waals surface area contributed by atoms with E-state index >= 15 is 0 Å². The molecular weight excluding hydrogens is 350 g/mol. The molecule has 0 radical (unpaired) electrons. The molecule has 138 valence electrons. The Labute approximate surface area is 156 Å². The Kier molecular flexibility index (Phi) is 6.32. The van der Waals surface area contributed by atoms with Crippen molar-refractivity contribution in [2.45, 2.75) is 38.7 Å². The molecule has 5 nitrogen and oxygen atoms in total. The Bertz CT molecular complexity index is 853. The number of anilines is 1. The van der Waals surface area contributed by atoms with E-state index in [0.29, 0.717) is 4.90 Å². The lowest BCUT2D eigenvalue weighted by atomic mass is 10.0. The molecule has 0 heterocycles. The van der Waals surface area contributed by atoms with Gasteiger partial charge in [-0.2, -0.15) is 0 Å². The summed E-state index contributed by atoms with van der Waals surface area (Å²) >= 11 is 0. The van der Waals surface area contributed by atoms with E-state index in [9.17, 15) is 13.8 Å². The van der Waals surface area contributed by atoms with Crippen LogP contribution in [-0.4, -0.2) is 28.4 Å². The Balaban J connectivity index is 2.13. The van der Waals surface area contributed by atoms with Crippen LogP contribution in [0, 0.1) is 20.8 Å². The quantitative estimate of drug-likeness (QED) is 0.814. The van der Waals surface area contributed by atoms with Crippen molar-refractivity contribution < 1.29 is 18.5 Å². The van der Waals surface area contributed by atoms with Gasteiger partial charge < -0.3 is 10.1 Å². The summed E-state index contributed by atoms with van der Waals surface area (Å²) in [6.07, 6.45) is 0.506. The van der Waals surface area contributed by atoms with Gasteiger partial charge in [0.15, 0.2) is 6.10 Å². The zero-order valence-corrected chi connectivity index (χ0v) is 16.4. The van der Waals surface area contributed by atoms with E-state index < -0.39 is 28.8 Å². The molecule has 2 atom stereocenters. The number of amides is 1. The molecule has 0 aliphatic carbocycles. The maximum absolute atomic E-state index is 12.4. The number of ether oxygens (including phenoxy) is 1. The van der Waals surface area contributed by atoms with Crippen LogP contribution in [0.5, 0.6) is 0 Å². The number of aryl methyl sites for hydroxylation is 3. The van der Waals surface area contributed by atoms with Gasteiger partial charge in [-0.1, -0.05) is 29.8 Å². The van der Waals surface area contributed by atoms with Crippen LogP contribution >= 0.6 is 0 Å². The fourth-order valence-corrected chi connectivity index (χ4v) is 3.50. The van der Waals surface area contributed by atoms with Crippen molar-refractivity contribution in [3.05, 3.63) is 58.7 Å². The Morgan fingerprint density at radius 2 is 1.65 bits per heavy atom. The number of carbonyl (C=O) groups is 2. The van der Waals surface area contributed by atoms with E-state index in [1.165, 1.54) is 19.2 Å². The molecule has 0 aromatic heterocycles. The summed E-state index contributed by atoms with van der Waals surface area (Å²) in [5.41, 5.74) is 3.93. The van der Waals surface area contributed by atoms with Crippen molar-refractivity contribution in [1.29, 1.82) is 0 Å². The minimum absolute atomic E-state index is 0.204. The first-order chi connectivity index (χ1) is 12.2. The molecule has 1 amide bonds. The first-order valence-corrected chi connectivity index (χ1v) is 9.78. The Morgan fingerprint density at radius 1 is 1.08 bits per heavy atom. The van der Waals surface area contributed by atoms with Gasteiger partial charge in [0.1, 0.15) is 0 Å². The highest BCUT2D eigenvalue weighted by molar-refractivity contribution is 7.84. The van der Waals surface area contributed by atoms with Gasteiger partial charge in [0.2, 0.25) is 0 Å². The lowest BCUT2D eigenvalue weighted by molar-refractivity contribution is -0.123. The normalized spacial score (nSPS) is 13.0. The van der Waals surface area contributed by atoms with Gasteiger partial charge in [-0.05, 0) is 51.0 Å². The Morgan fingerprint density at radius 3 is 2.23 bits per heavy atom. The average molecular weight is 373 g/mol. The van der Waals surface area contributed by atoms with Crippen molar-refractivity contribution in [3.8, 4) is 0 Å². The van der Waals surface area contributed by atoms with Gasteiger partial charge in [-0.15, -0.1) is 0 Å². The first-order valence-electron chi connectivity index (χ1n) is 8.23. The lowest BCUT2D eigenvalue weighted by Gasteiger charge is -2.17. The molecular formula is C20H23NO4S. The van der Waals surface area contributed by atoms with Gasteiger partial charge in [0, 0.05) is 11.9 Å². The first kappa shape index (κ1) is 19.8. The minimum Gasteiger partial charge on any atom is -0.449 e. The standard InChI is InChI=1S/C20H23NO4S/c1-12-10-13(2)18(14(3)11-12)21-19(22)15(4)25-20(23)16-8-6-7-9-17(16)26(5)24/h6-11,15H,1-5H3,(H,21,22)/t15-,26+/m0/s1. The van der Waals surface area contributed by atoms with Crippen LogP contribution in [0.2, 0.25) is 0 Å². The number of carbonyl (C=O) groups excluding carboxylic acids is 2. The molecule has 0 aliphatic heterocycles. The van der Waals surface area contributed by atoms with E-state index in [1.54, 1.807) is 18.2 Å². The number of hydrogen-bond donors (Lipinski definition) is 1. The average Bonchev–Trinajstić information content (AvgIpc) is 2.57. The third-order valence-electron chi connectivity index (χ3n) is 3.99. The van der Waals surface area contributed by atoms with E-state index in [2.05, 4.69) is 5.32 Å². The summed E-state index contributed by atoms with van der Waals surface area (Å²) in [7, 11) is -1.33. The molecule has 26 heavy (non-hydrogen) atoms. The van der Waals surface area contributed by atoms with Gasteiger partial charge in [-0.3, -0.25) is 9.00 Å². The third-order valence-corrected chi connectivity index (χ3v) is 4.97. The highest BCUT2D eigenvalue weighted by atomic mass is 32.2. The summed E-state index contributed by atoms with van der Waals surface area (Å²) in [6, 6.07) is 10.5. The van der Waals surface area contributed by atoms with Crippen LogP contribution in [0.1, 0.15) is 34.0 Å².